The van der Waals surface area contributed by atoms with Gasteiger partial charge in [0.2, 0.25) is 0 Å². The van der Waals surface area contributed by atoms with Gasteiger partial charge >= 0.3 is 8.80 Å². The molecule has 0 N–H and O–H groups in total. The molecule has 5 nitrogen and oxygen atoms in total. The van der Waals surface area contributed by atoms with E-state index >= 15 is 0 Å². The molecule has 0 aliphatic heterocycles. The molecule has 0 radical (unpaired) electrons. The Morgan fingerprint density at radius 2 is 1.37 bits per heavy atom. The molecule has 2 aromatic rings. The Hall–Kier alpha value is -1.99. The van der Waals surface area contributed by atoms with Crippen LogP contribution < -0.4 is 4.90 Å². The minimum atomic E-state index is -2.44. The molecule has 0 aliphatic rings. The van der Waals surface area contributed by atoms with Crippen LogP contribution in [0.4, 0.5) is 5.69 Å². The van der Waals surface area contributed by atoms with E-state index in [2.05, 4.69) is 24.0 Å². The van der Waals surface area contributed by atoms with Crippen LogP contribution in [0.5, 0.6) is 0 Å². The fourth-order valence-electron chi connectivity index (χ4n) is 3.60. The fourth-order valence-corrected chi connectivity index (χ4v) is 5.40. The van der Waals surface area contributed by atoms with Crippen LogP contribution in [0.15, 0.2) is 54.6 Å². The number of nitrogens with zero attached hydrogens (tertiary/aromatic N) is 1. The van der Waals surface area contributed by atoms with E-state index < -0.39 is 8.80 Å². The quantitative estimate of drug-likeness (QED) is 0.235. The summed E-state index contributed by atoms with van der Waals surface area (Å²) in [6, 6.07) is 18.2. The smallest absolute Gasteiger partial charge is 0.377 e. The van der Waals surface area contributed by atoms with Crippen LogP contribution in [-0.2, 0) is 13.3 Å². The first-order valence-electron chi connectivity index (χ1n) is 10.7. The molecule has 0 unspecified atom stereocenters. The van der Waals surface area contributed by atoms with Gasteiger partial charge in [-0.3, -0.25) is 4.79 Å². The maximum absolute atomic E-state index is 12.6. The Morgan fingerprint density at radius 1 is 0.800 bits per heavy atom. The first kappa shape index (κ1) is 24.3. The highest BCUT2D eigenvalue weighted by Crippen LogP contribution is 2.20. The molecule has 6 heteroatoms. The van der Waals surface area contributed by atoms with Crippen LogP contribution in [0.25, 0.3) is 0 Å². The van der Waals surface area contributed by atoms with E-state index in [0.29, 0.717) is 0 Å². The van der Waals surface area contributed by atoms with Gasteiger partial charge in [-0.05, 0) is 44.0 Å². The average Bonchev–Trinajstić information content (AvgIpc) is 2.82. The van der Waals surface area contributed by atoms with Crippen molar-refractivity contribution in [3.05, 3.63) is 65.7 Å². The van der Waals surface area contributed by atoms with Gasteiger partial charge in [-0.15, -0.1) is 0 Å². The highest BCUT2D eigenvalue weighted by atomic mass is 28.4. The predicted molar refractivity (Wildman–Crippen MR) is 124 cm³/mol. The Kier molecular flexibility index (Phi) is 10.2. The summed E-state index contributed by atoms with van der Waals surface area (Å²) in [6.07, 6.45) is 4.46. The van der Waals surface area contributed by atoms with Crippen molar-refractivity contribution in [3.8, 4) is 0 Å². The topological polar surface area (TPSA) is 48.0 Å². The number of carbonyl (C=O) groups is 1. The molecule has 164 valence electrons. The first-order chi connectivity index (χ1) is 14.6. The second kappa shape index (κ2) is 12.6. The predicted octanol–water partition coefficient (Wildman–Crippen LogP) is 5.18. The molecule has 0 saturated heterocycles. The molecular formula is C24H35NO4Si. The number of anilines is 1. The largest absolute Gasteiger partial charge is 0.500 e. The van der Waals surface area contributed by atoms with Gasteiger partial charge in [0.05, 0.1) is 0 Å². The van der Waals surface area contributed by atoms with Crippen LogP contribution >= 0.6 is 0 Å². The van der Waals surface area contributed by atoms with Crippen molar-refractivity contribution in [2.24, 2.45) is 0 Å². The van der Waals surface area contributed by atoms with Gasteiger partial charge in [0.15, 0.2) is 5.78 Å². The molecule has 0 aromatic heterocycles. The monoisotopic (exact) mass is 429 g/mol. The number of rotatable bonds is 14. The Labute approximate surface area is 182 Å². The van der Waals surface area contributed by atoms with Crippen LogP contribution in [0.2, 0.25) is 6.04 Å². The van der Waals surface area contributed by atoms with Crippen molar-refractivity contribution in [2.75, 3.05) is 39.3 Å². The molecule has 2 aromatic carbocycles. The summed E-state index contributed by atoms with van der Waals surface area (Å²) in [5.41, 5.74) is 2.61. The summed E-state index contributed by atoms with van der Waals surface area (Å²) in [6.45, 7) is 4.11. The molecule has 0 bridgehead atoms. The highest BCUT2D eigenvalue weighted by Gasteiger charge is 2.36. The van der Waals surface area contributed by atoms with Gasteiger partial charge in [0, 0.05) is 57.3 Å². The standard InChI is InChI=1S/C24H35NO4Si/c1-5-25(19-11-6-7-12-20-30(27-2,28-3)29-4)23-17-15-22(16-18-23)24(26)21-13-9-8-10-14-21/h8-10,13-18H,5-7,11-12,19-20H2,1-4H3. The van der Waals surface area contributed by atoms with E-state index in [1.54, 1.807) is 21.3 Å². The van der Waals surface area contributed by atoms with E-state index in [0.717, 1.165) is 61.6 Å². The molecule has 0 fully saturated rings. The van der Waals surface area contributed by atoms with E-state index in [1.165, 1.54) is 0 Å². The van der Waals surface area contributed by atoms with E-state index in [-0.39, 0.29) is 5.78 Å². The van der Waals surface area contributed by atoms with Crippen molar-refractivity contribution in [1.29, 1.82) is 0 Å². The molecule has 0 heterocycles. The number of hydrogen-bond acceptors (Lipinski definition) is 5. The maximum Gasteiger partial charge on any atom is 0.500 e. The summed E-state index contributed by atoms with van der Waals surface area (Å²) in [5, 5.41) is 0. The Balaban J connectivity index is 1.80. The minimum Gasteiger partial charge on any atom is -0.377 e. The van der Waals surface area contributed by atoms with Gasteiger partial charge in [-0.2, -0.15) is 0 Å². The summed E-state index contributed by atoms with van der Waals surface area (Å²) in [7, 11) is 2.55. The van der Waals surface area contributed by atoms with Crippen molar-refractivity contribution in [2.45, 2.75) is 38.7 Å². The SMILES string of the molecule is CCN(CCCCCC[Si](OC)(OC)OC)c1ccc(C(=O)c2ccccc2)cc1. The molecule has 0 atom stereocenters. The summed E-state index contributed by atoms with van der Waals surface area (Å²) in [5.74, 6) is 0.0630. The second-order valence-electron chi connectivity index (χ2n) is 7.28. The zero-order valence-corrected chi connectivity index (χ0v) is 19.7. The summed E-state index contributed by atoms with van der Waals surface area (Å²) >= 11 is 0. The molecule has 0 aliphatic carbocycles. The lowest BCUT2D eigenvalue weighted by Crippen LogP contribution is -2.42. The van der Waals surface area contributed by atoms with Crippen molar-refractivity contribution in [3.63, 3.8) is 0 Å². The normalized spacial score (nSPS) is 11.5. The lowest BCUT2D eigenvalue weighted by molar-refractivity contribution is 0.103. The van der Waals surface area contributed by atoms with Crippen LogP contribution in [0.1, 0.15) is 48.5 Å². The van der Waals surface area contributed by atoms with Crippen LogP contribution in [-0.4, -0.2) is 49.0 Å². The van der Waals surface area contributed by atoms with Gasteiger partial charge in [-0.1, -0.05) is 43.2 Å². The van der Waals surface area contributed by atoms with Gasteiger partial charge in [0.25, 0.3) is 0 Å². The number of hydrogen-bond donors (Lipinski definition) is 0. The minimum absolute atomic E-state index is 0.0630. The lowest BCUT2D eigenvalue weighted by Gasteiger charge is -2.25. The maximum atomic E-state index is 12.6. The number of benzene rings is 2. The van der Waals surface area contributed by atoms with Crippen molar-refractivity contribution >= 4 is 20.3 Å². The fraction of sp³-hybridized carbons (Fsp3) is 0.458. The first-order valence-corrected chi connectivity index (χ1v) is 12.6. The third-order valence-corrected chi connectivity index (χ3v) is 8.34. The van der Waals surface area contributed by atoms with Crippen LogP contribution in [0, 0.1) is 0 Å². The zero-order valence-electron chi connectivity index (χ0n) is 18.7. The molecule has 30 heavy (non-hydrogen) atoms. The third-order valence-electron chi connectivity index (χ3n) is 5.51. The van der Waals surface area contributed by atoms with E-state index in [4.69, 9.17) is 13.3 Å². The molecule has 0 spiro atoms. The Bertz CT molecular complexity index is 739. The van der Waals surface area contributed by atoms with E-state index in [9.17, 15) is 4.79 Å². The van der Waals surface area contributed by atoms with Gasteiger partial charge in [-0.25, -0.2) is 0 Å². The van der Waals surface area contributed by atoms with E-state index in [1.807, 2.05) is 42.5 Å². The van der Waals surface area contributed by atoms with Gasteiger partial charge < -0.3 is 18.2 Å². The van der Waals surface area contributed by atoms with Crippen LogP contribution in [0.3, 0.4) is 0 Å². The third kappa shape index (κ3) is 6.77. The molecule has 0 saturated carbocycles. The lowest BCUT2D eigenvalue weighted by atomic mass is 10.0. The highest BCUT2D eigenvalue weighted by molar-refractivity contribution is 6.60. The average molecular weight is 430 g/mol. The Morgan fingerprint density at radius 3 is 1.93 bits per heavy atom. The molecule has 2 rings (SSSR count). The summed E-state index contributed by atoms with van der Waals surface area (Å²) in [4.78, 5) is 14.9. The number of unbranched alkanes of at least 4 members (excludes halogenated alkanes) is 3. The molecular weight excluding hydrogens is 394 g/mol. The number of carbonyl (C=O) groups excluding carboxylic acids is 1. The van der Waals surface area contributed by atoms with Crippen molar-refractivity contribution < 1.29 is 18.1 Å². The molecule has 0 amide bonds. The summed E-state index contributed by atoms with van der Waals surface area (Å²) < 4.78 is 16.4. The number of ketones is 1. The zero-order chi connectivity index (χ0) is 21.8. The van der Waals surface area contributed by atoms with Crippen molar-refractivity contribution in [1.82, 2.24) is 0 Å². The van der Waals surface area contributed by atoms with Gasteiger partial charge in [0.1, 0.15) is 0 Å². The second-order valence-corrected chi connectivity index (χ2v) is 10.4.